The molecule has 1 aliphatic carbocycles. The quantitative estimate of drug-likeness (QED) is 0.858. The second kappa shape index (κ2) is 7.64. The molecule has 2 N–H and O–H groups in total. The Morgan fingerprint density at radius 2 is 1.96 bits per heavy atom. The molecule has 0 radical (unpaired) electrons. The van der Waals surface area contributed by atoms with Gasteiger partial charge in [0.2, 0.25) is 5.91 Å². The predicted molar refractivity (Wildman–Crippen MR) is 99.3 cm³/mol. The van der Waals surface area contributed by atoms with Gasteiger partial charge >= 0.3 is 0 Å². The molecule has 0 spiro atoms. The number of hydrazone groups is 1. The fourth-order valence-corrected chi connectivity index (χ4v) is 3.47. The van der Waals surface area contributed by atoms with Crippen LogP contribution in [0.25, 0.3) is 0 Å². The largest absolute Gasteiger partial charge is 0.359 e. The summed E-state index contributed by atoms with van der Waals surface area (Å²) in [5, 5.41) is 7.64. The van der Waals surface area contributed by atoms with Crippen molar-refractivity contribution in [1.29, 1.82) is 0 Å². The number of anilines is 1. The highest BCUT2D eigenvalue weighted by atomic mass is 16.2. The zero-order valence-corrected chi connectivity index (χ0v) is 14.9. The topological polar surface area (TPSA) is 70.6 Å². The molecule has 2 aliphatic rings. The summed E-state index contributed by atoms with van der Waals surface area (Å²) in [6.07, 6.45) is 4.80. The Morgan fingerprint density at radius 3 is 2.64 bits per heavy atom. The van der Waals surface area contributed by atoms with Crippen LogP contribution in [0.15, 0.2) is 40.6 Å². The van der Waals surface area contributed by atoms with Gasteiger partial charge in [0, 0.05) is 35.7 Å². The molecule has 0 saturated heterocycles. The maximum Gasteiger partial charge on any atom is 0.240 e. The van der Waals surface area contributed by atoms with Crippen LogP contribution in [0.3, 0.4) is 0 Å². The summed E-state index contributed by atoms with van der Waals surface area (Å²) < 4.78 is 0. The maximum atomic E-state index is 12.2. The van der Waals surface area contributed by atoms with E-state index in [-0.39, 0.29) is 17.6 Å². The van der Waals surface area contributed by atoms with Gasteiger partial charge in [-0.05, 0) is 37.0 Å². The number of carbonyl (C=O) groups excluding carboxylic acids is 2. The summed E-state index contributed by atoms with van der Waals surface area (Å²) in [7, 11) is 0. The van der Waals surface area contributed by atoms with Crippen molar-refractivity contribution in [2.24, 2.45) is 11.0 Å². The van der Waals surface area contributed by atoms with Crippen molar-refractivity contribution in [1.82, 2.24) is 5.43 Å². The minimum atomic E-state index is -0.0353. The summed E-state index contributed by atoms with van der Waals surface area (Å²) in [4.78, 5) is 23.5. The molecule has 1 amide bonds. The molecule has 3 rings (SSSR count). The molecule has 25 heavy (non-hydrogen) atoms. The minimum Gasteiger partial charge on any atom is -0.359 e. The molecule has 0 bridgehead atoms. The highest BCUT2D eigenvalue weighted by Gasteiger charge is 2.22. The van der Waals surface area contributed by atoms with E-state index in [1.807, 2.05) is 31.2 Å². The number of amides is 1. The lowest BCUT2D eigenvalue weighted by Crippen LogP contribution is -2.31. The third-order valence-corrected chi connectivity index (χ3v) is 4.77. The fourth-order valence-electron chi connectivity index (χ4n) is 3.47. The zero-order valence-electron chi connectivity index (χ0n) is 14.9. The van der Waals surface area contributed by atoms with Crippen molar-refractivity contribution in [3.8, 4) is 0 Å². The van der Waals surface area contributed by atoms with Crippen molar-refractivity contribution >= 4 is 23.1 Å². The number of allylic oxidation sites excluding steroid dienone is 2. The third-order valence-electron chi connectivity index (χ3n) is 4.77. The number of rotatable bonds is 5. The summed E-state index contributed by atoms with van der Waals surface area (Å²) in [6, 6.07) is 8.05. The Balaban J connectivity index is 1.77. The smallest absolute Gasteiger partial charge is 0.240 e. The minimum absolute atomic E-state index is 0.0353. The molecular formula is C20H25N3O2. The van der Waals surface area contributed by atoms with Gasteiger partial charge in [0.1, 0.15) is 0 Å². The van der Waals surface area contributed by atoms with Crippen LogP contribution in [0.2, 0.25) is 0 Å². The average Bonchev–Trinajstić information content (AvgIpc) is 2.59. The molecule has 1 aliphatic heterocycles. The van der Waals surface area contributed by atoms with Gasteiger partial charge in [0.25, 0.3) is 0 Å². The van der Waals surface area contributed by atoms with E-state index in [4.69, 9.17) is 0 Å². The summed E-state index contributed by atoms with van der Waals surface area (Å²) in [5.74, 6) is 0.364. The maximum absolute atomic E-state index is 12.2. The van der Waals surface area contributed by atoms with Gasteiger partial charge in [0.05, 0.1) is 5.71 Å². The van der Waals surface area contributed by atoms with Crippen molar-refractivity contribution in [2.45, 2.75) is 52.4 Å². The van der Waals surface area contributed by atoms with Gasteiger partial charge in [-0.2, -0.15) is 5.10 Å². The lowest BCUT2D eigenvalue weighted by Gasteiger charge is -2.22. The Labute approximate surface area is 148 Å². The monoisotopic (exact) mass is 339 g/mol. The van der Waals surface area contributed by atoms with E-state index in [0.29, 0.717) is 12.8 Å². The molecule has 5 heteroatoms. The Bertz CT molecular complexity index is 732. The Morgan fingerprint density at radius 1 is 1.20 bits per heavy atom. The Hall–Kier alpha value is -2.43. The molecule has 1 aromatic rings. The number of nitrogens with zero attached hydrogens (tertiary/aromatic N) is 1. The van der Waals surface area contributed by atoms with Crippen LogP contribution in [-0.4, -0.2) is 17.4 Å². The number of hydrogen-bond donors (Lipinski definition) is 2. The van der Waals surface area contributed by atoms with Crippen LogP contribution in [-0.2, 0) is 9.59 Å². The summed E-state index contributed by atoms with van der Waals surface area (Å²) in [5.41, 5.74) is 7.49. The first-order chi connectivity index (χ1) is 12.1. The van der Waals surface area contributed by atoms with E-state index in [1.54, 1.807) is 0 Å². The Kier molecular flexibility index (Phi) is 5.31. The molecule has 1 atom stereocenters. The van der Waals surface area contributed by atoms with Crippen LogP contribution in [0, 0.1) is 5.92 Å². The number of ketones is 1. The van der Waals surface area contributed by atoms with E-state index >= 15 is 0 Å². The lowest BCUT2D eigenvalue weighted by atomic mass is 9.91. The first kappa shape index (κ1) is 17.4. The van der Waals surface area contributed by atoms with Crippen molar-refractivity contribution in [2.75, 3.05) is 5.32 Å². The average molecular weight is 339 g/mol. The van der Waals surface area contributed by atoms with E-state index in [1.165, 1.54) is 0 Å². The molecule has 5 nitrogen and oxygen atoms in total. The van der Waals surface area contributed by atoms with Crippen LogP contribution >= 0.6 is 0 Å². The number of nitrogens with one attached hydrogen (secondary N) is 2. The first-order valence-electron chi connectivity index (χ1n) is 9.07. The number of Topliss-reactive ketones (excluding diaryl/α,β-unsaturated/α-hetero) is 1. The van der Waals surface area contributed by atoms with Gasteiger partial charge in [-0.15, -0.1) is 0 Å². The van der Waals surface area contributed by atoms with Gasteiger partial charge in [-0.25, -0.2) is 5.43 Å². The molecule has 1 heterocycles. The van der Waals surface area contributed by atoms with Gasteiger partial charge in [-0.3, -0.25) is 9.59 Å². The van der Waals surface area contributed by atoms with Gasteiger partial charge < -0.3 is 5.32 Å². The SMILES string of the molecule is CCCC1=C(Nc2ccc(C3=NNC(=O)CC3C)cc2)CCCC1=O. The van der Waals surface area contributed by atoms with Crippen LogP contribution in [0.5, 0.6) is 0 Å². The van der Waals surface area contributed by atoms with Crippen molar-refractivity contribution in [3.63, 3.8) is 0 Å². The standard InChI is InChI=1S/C20H25N3O2/c1-3-5-16-17(6-4-7-18(16)24)21-15-10-8-14(9-11-15)20-13(2)12-19(25)22-23-20/h8-11,13,21H,3-7,12H2,1-2H3,(H,22,25). The van der Waals surface area contributed by atoms with E-state index in [9.17, 15) is 9.59 Å². The number of carbonyl (C=O) groups is 2. The van der Waals surface area contributed by atoms with Crippen LogP contribution in [0.1, 0.15) is 57.9 Å². The van der Waals surface area contributed by atoms with Crippen LogP contribution in [0.4, 0.5) is 5.69 Å². The molecule has 0 saturated carbocycles. The highest BCUT2D eigenvalue weighted by Crippen LogP contribution is 2.27. The number of hydrogen-bond acceptors (Lipinski definition) is 4. The number of benzene rings is 1. The van der Waals surface area contributed by atoms with Crippen LogP contribution < -0.4 is 10.7 Å². The molecule has 132 valence electrons. The normalized spacial score (nSPS) is 21.0. The highest BCUT2D eigenvalue weighted by molar-refractivity contribution is 6.05. The second-order valence-corrected chi connectivity index (χ2v) is 6.82. The molecule has 0 aromatic heterocycles. The summed E-state index contributed by atoms with van der Waals surface area (Å²) in [6.45, 7) is 4.12. The molecular weight excluding hydrogens is 314 g/mol. The zero-order chi connectivity index (χ0) is 17.8. The van der Waals surface area contributed by atoms with Crippen molar-refractivity contribution in [3.05, 3.63) is 41.1 Å². The van der Waals surface area contributed by atoms with E-state index < -0.39 is 0 Å². The molecule has 1 aromatic carbocycles. The molecule has 0 fully saturated rings. The summed E-state index contributed by atoms with van der Waals surface area (Å²) >= 11 is 0. The van der Waals surface area contributed by atoms with E-state index in [2.05, 4.69) is 22.8 Å². The van der Waals surface area contributed by atoms with E-state index in [0.717, 1.165) is 53.9 Å². The predicted octanol–water partition coefficient (Wildman–Crippen LogP) is 3.77. The molecule has 1 unspecified atom stereocenters. The van der Waals surface area contributed by atoms with Gasteiger partial charge in [-0.1, -0.05) is 32.4 Å². The van der Waals surface area contributed by atoms with Gasteiger partial charge in [0.15, 0.2) is 5.78 Å². The first-order valence-corrected chi connectivity index (χ1v) is 9.07. The third kappa shape index (κ3) is 3.98. The van der Waals surface area contributed by atoms with Crippen molar-refractivity contribution < 1.29 is 9.59 Å². The fraction of sp³-hybridized carbons (Fsp3) is 0.450. The lowest BCUT2D eigenvalue weighted by molar-refractivity contribution is -0.122. The second-order valence-electron chi connectivity index (χ2n) is 6.82.